The Kier molecular flexibility index (Phi) is 3.01. The Hall–Kier alpha value is -1.53. The third kappa shape index (κ3) is 1.69. The van der Waals surface area contributed by atoms with Gasteiger partial charge in [-0.15, -0.1) is 0 Å². The van der Waals surface area contributed by atoms with Gasteiger partial charge >= 0.3 is 0 Å². The minimum absolute atomic E-state index is 1.05. The molecule has 15 heavy (non-hydrogen) atoms. The van der Waals surface area contributed by atoms with Crippen LogP contribution in [0.2, 0.25) is 0 Å². The molecule has 0 radical (unpaired) electrons. The zero-order valence-corrected chi connectivity index (χ0v) is 7.41. The maximum Gasteiger partial charge on any atom is 0.200 e. The van der Waals surface area contributed by atoms with Gasteiger partial charge in [0.25, 0.3) is 0 Å². The van der Waals surface area contributed by atoms with Crippen LogP contribution in [0.3, 0.4) is 0 Å². The van der Waals surface area contributed by atoms with Crippen LogP contribution < -0.4 is 0 Å². The van der Waals surface area contributed by atoms with Crippen LogP contribution in [0.25, 0.3) is 0 Å². The molecule has 0 saturated carbocycles. The van der Waals surface area contributed by atoms with Crippen molar-refractivity contribution in [2.24, 2.45) is 5.11 Å². The summed E-state index contributed by atoms with van der Waals surface area (Å²) in [5, 5.41) is 2.71. The predicted molar refractivity (Wildman–Crippen MR) is 39.8 cm³/mol. The van der Waals surface area contributed by atoms with E-state index in [9.17, 15) is 22.0 Å². The van der Waals surface area contributed by atoms with Gasteiger partial charge < -0.3 is 0 Å². The molecule has 0 aliphatic carbocycles. The van der Waals surface area contributed by atoms with Crippen LogP contribution in [0.15, 0.2) is 5.11 Å². The Morgan fingerprint density at radius 2 is 1.20 bits per heavy atom. The Morgan fingerprint density at radius 3 is 1.53 bits per heavy atom. The van der Waals surface area contributed by atoms with Crippen molar-refractivity contribution in [2.75, 3.05) is 0 Å². The number of nitrogens with one attached hydrogen (secondary N) is 1. The van der Waals surface area contributed by atoms with E-state index in [1.54, 1.807) is 0 Å². The summed E-state index contributed by atoms with van der Waals surface area (Å²) in [6, 6.07) is -1.42. The van der Waals surface area contributed by atoms with Gasteiger partial charge in [0.2, 0.25) is 5.82 Å². The lowest BCUT2D eigenvalue weighted by atomic mass is 10.1. The lowest BCUT2D eigenvalue weighted by Gasteiger charge is -2.09. The minimum Gasteiger partial charge on any atom is -0.209 e. The number of rotatable bonds is 2. The molecule has 2 nitrogen and oxygen atoms in total. The molecule has 1 aromatic carbocycles. The number of benzene rings is 1. The van der Waals surface area contributed by atoms with E-state index in [0.29, 0.717) is 0 Å². The van der Waals surface area contributed by atoms with Crippen LogP contribution in [0.4, 0.5) is 22.0 Å². The molecule has 1 aromatic rings. The molecule has 0 aromatic heterocycles. The number of hydrogen-bond acceptors (Lipinski definition) is 2. The fourth-order valence-corrected chi connectivity index (χ4v) is 1.05. The summed E-state index contributed by atoms with van der Waals surface area (Å²) in [5.41, 5.74) is 5.39. The Labute approximate surface area is 81.2 Å². The highest BCUT2D eigenvalue weighted by Crippen LogP contribution is 2.29. The first kappa shape index (κ1) is 11.5. The average molecular weight is 224 g/mol. The molecule has 0 saturated heterocycles. The molecule has 0 fully saturated rings. The normalized spacial score (nSPS) is 12.7. The number of halogens is 5. The Bertz CT molecular complexity index is 389. The molecule has 0 spiro atoms. The van der Waals surface area contributed by atoms with Crippen molar-refractivity contribution in [3.8, 4) is 0 Å². The molecule has 82 valence electrons. The van der Waals surface area contributed by atoms with Crippen molar-refractivity contribution in [3.05, 3.63) is 34.6 Å². The van der Waals surface area contributed by atoms with Gasteiger partial charge in [-0.2, -0.15) is 5.11 Å². The average Bonchev–Trinajstić information content (AvgIpc) is 2.23. The van der Waals surface area contributed by atoms with E-state index < -0.39 is 40.7 Å². The van der Waals surface area contributed by atoms with Gasteiger partial charge in [-0.25, -0.2) is 27.5 Å². The summed E-state index contributed by atoms with van der Waals surface area (Å²) in [7, 11) is 0. The van der Waals surface area contributed by atoms with Crippen LogP contribution in [-0.2, 0) is 0 Å². The van der Waals surface area contributed by atoms with Gasteiger partial charge in [0.05, 0.1) is 11.6 Å². The van der Waals surface area contributed by atoms with Crippen LogP contribution in [0.5, 0.6) is 0 Å². The highest BCUT2D eigenvalue weighted by molar-refractivity contribution is 5.26. The molecule has 0 amide bonds. The van der Waals surface area contributed by atoms with E-state index >= 15 is 0 Å². The third-order valence-electron chi connectivity index (χ3n) is 1.86. The molecule has 0 heterocycles. The Balaban J connectivity index is 3.59. The van der Waals surface area contributed by atoms with Gasteiger partial charge in [0, 0.05) is 0 Å². The van der Waals surface area contributed by atoms with Gasteiger partial charge in [0.15, 0.2) is 23.3 Å². The third-order valence-corrected chi connectivity index (χ3v) is 1.86. The van der Waals surface area contributed by atoms with Crippen molar-refractivity contribution in [1.82, 2.24) is 0 Å². The molecule has 1 unspecified atom stereocenters. The first-order valence-corrected chi connectivity index (χ1v) is 3.79. The number of hydrogen-bond donors (Lipinski definition) is 1. The first-order chi connectivity index (χ1) is 6.91. The molecule has 0 aliphatic heterocycles. The fraction of sp³-hybridized carbons (Fsp3) is 0.250. The van der Waals surface area contributed by atoms with Gasteiger partial charge in [0.1, 0.15) is 0 Å². The van der Waals surface area contributed by atoms with Gasteiger partial charge in [-0.05, 0) is 6.92 Å². The smallest absolute Gasteiger partial charge is 0.200 e. The van der Waals surface area contributed by atoms with E-state index in [1.165, 1.54) is 0 Å². The molecule has 0 aliphatic rings. The summed E-state index contributed by atoms with van der Waals surface area (Å²) in [6.45, 7) is 1.05. The zero-order chi connectivity index (χ0) is 11.7. The highest BCUT2D eigenvalue weighted by atomic mass is 19.2. The molecule has 7 heteroatoms. The second-order valence-corrected chi connectivity index (χ2v) is 2.79. The largest absolute Gasteiger partial charge is 0.209 e. The maximum absolute atomic E-state index is 13.0. The van der Waals surface area contributed by atoms with Crippen molar-refractivity contribution < 1.29 is 22.0 Å². The van der Waals surface area contributed by atoms with Crippen LogP contribution in [0, 0.1) is 34.6 Å². The quantitative estimate of drug-likeness (QED) is 0.345. The summed E-state index contributed by atoms with van der Waals surface area (Å²) in [4.78, 5) is 0. The number of nitrogens with zero attached hydrogens (tertiary/aromatic N) is 1. The van der Waals surface area contributed by atoms with E-state index in [2.05, 4.69) is 5.11 Å². The summed E-state index contributed by atoms with van der Waals surface area (Å²) in [5.74, 6) is -10.2. The van der Waals surface area contributed by atoms with Crippen molar-refractivity contribution in [3.63, 3.8) is 0 Å². The highest BCUT2D eigenvalue weighted by Gasteiger charge is 2.28. The van der Waals surface area contributed by atoms with Gasteiger partial charge in [-0.3, -0.25) is 0 Å². The van der Waals surface area contributed by atoms with Crippen molar-refractivity contribution in [1.29, 1.82) is 5.53 Å². The second kappa shape index (κ2) is 3.92. The molecular formula is C8H5F5N2. The second-order valence-electron chi connectivity index (χ2n) is 2.79. The Morgan fingerprint density at radius 1 is 0.867 bits per heavy atom. The SMILES string of the molecule is CC(N=N)c1c(F)c(F)c(F)c(F)c1F. The summed E-state index contributed by atoms with van der Waals surface area (Å²) >= 11 is 0. The lowest BCUT2D eigenvalue weighted by molar-refractivity contribution is 0.364. The molecular weight excluding hydrogens is 219 g/mol. The van der Waals surface area contributed by atoms with Crippen LogP contribution >= 0.6 is 0 Å². The minimum atomic E-state index is -2.22. The molecule has 1 atom stereocenters. The molecule has 1 rings (SSSR count). The first-order valence-electron chi connectivity index (χ1n) is 3.79. The van der Waals surface area contributed by atoms with E-state index in [-0.39, 0.29) is 0 Å². The van der Waals surface area contributed by atoms with E-state index in [0.717, 1.165) is 6.92 Å². The van der Waals surface area contributed by atoms with E-state index in [1.807, 2.05) is 0 Å². The van der Waals surface area contributed by atoms with Crippen LogP contribution in [0.1, 0.15) is 18.5 Å². The zero-order valence-electron chi connectivity index (χ0n) is 7.41. The standard InChI is InChI=1S/C8H5F5N2/c1-2(15-14)3-4(9)6(11)8(13)7(12)5(3)10/h2,14H,1H3. The maximum atomic E-state index is 13.0. The molecule has 1 N–H and O–H groups in total. The van der Waals surface area contributed by atoms with Crippen molar-refractivity contribution in [2.45, 2.75) is 13.0 Å². The monoisotopic (exact) mass is 224 g/mol. The van der Waals surface area contributed by atoms with Crippen molar-refractivity contribution >= 4 is 0 Å². The lowest BCUT2D eigenvalue weighted by Crippen LogP contribution is -2.08. The predicted octanol–water partition coefficient (Wildman–Crippen LogP) is 3.47. The topological polar surface area (TPSA) is 36.2 Å². The van der Waals surface area contributed by atoms with Gasteiger partial charge in [-0.1, -0.05) is 0 Å². The summed E-state index contributed by atoms with van der Waals surface area (Å²) in [6.07, 6.45) is 0. The summed E-state index contributed by atoms with van der Waals surface area (Å²) < 4.78 is 63.8. The molecule has 0 bridgehead atoms. The van der Waals surface area contributed by atoms with Crippen LogP contribution in [-0.4, -0.2) is 0 Å². The van der Waals surface area contributed by atoms with E-state index in [4.69, 9.17) is 5.53 Å². The fourth-order valence-electron chi connectivity index (χ4n) is 1.05.